The lowest BCUT2D eigenvalue weighted by Crippen LogP contribution is -2.32. The first kappa shape index (κ1) is 16.6. The molecule has 1 aromatic carbocycles. The summed E-state index contributed by atoms with van der Waals surface area (Å²) in [5, 5.41) is 11.5. The van der Waals surface area contributed by atoms with Crippen molar-refractivity contribution in [3.05, 3.63) is 62.1 Å². The molecule has 2 amide bonds. The summed E-state index contributed by atoms with van der Waals surface area (Å²) >= 11 is 11.1. The second-order valence-corrected chi connectivity index (χ2v) is 4.95. The largest absolute Gasteiger partial charge is 0.507 e. The molecule has 0 atom stereocenters. The third kappa shape index (κ3) is 4.36. The van der Waals surface area contributed by atoms with Crippen LogP contribution in [-0.2, 0) is 4.79 Å². The van der Waals surface area contributed by atoms with E-state index in [1.54, 1.807) is 24.3 Å². The van der Waals surface area contributed by atoms with E-state index < -0.39 is 34.0 Å². The molecule has 0 aliphatic carbocycles. The Morgan fingerprint density at radius 2 is 1.83 bits per heavy atom. The van der Waals surface area contributed by atoms with E-state index in [-0.39, 0.29) is 0 Å². The number of amides is 2. The minimum absolute atomic E-state index is 0.391. The highest BCUT2D eigenvalue weighted by molar-refractivity contribution is 6.30. The van der Waals surface area contributed by atoms with Crippen molar-refractivity contribution in [3.63, 3.8) is 0 Å². The van der Waals surface area contributed by atoms with Crippen LogP contribution < -0.4 is 10.9 Å². The minimum Gasteiger partial charge on any atom is -0.507 e. The van der Waals surface area contributed by atoms with E-state index in [0.717, 1.165) is 6.07 Å². The van der Waals surface area contributed by atoms with Crippen molar-refractivity contribution in [1.82, 2.24) is 5.32 Å². The van der Waals surface area contributed by atoms with Crippen LogP contribution >= 0.6 is 23.2 Å². The summed E-state index contributed by atoms with van der Waals surface area (Å²) in [7, 11) is 0. The van der Waals surface area contributed by atoms with Gasteiger partial charge in [0.05, 0.1) is 0 Å². The van der Waals surface area contributed by atoms with Crippen LogP contribution in [0.5, 0.6) is 5.75 Å². The van der Waals surface area contributed by atoms with Crippen LogP contribution in [0.25, 0.3) is 0 Å². The number of hydrogen-bond donors (Lipinski definition) is 2. The van der Waals surface area contributed by atoms with Crippen LogP contribution in [0, 0.1) is 11.8 Å². The molecule has 1 aromatic heterocycles. The predicted molar refractivity (Wildman–Crippen MR) is 82.5 cm³/mol. The van der Waals surface area contributed by atoms with Gasteiger partial charge in [-0.1, -0.05) is 17.5 Å². The molecule has 1 heterocycles. The molecule has 0 saturated heterocycles. The fourth-order valence-electron chi connectivity index (χ4n) is 1.52. The number of halogens is 2. The van der Waals surface area contributed by atoms with Gasteiger partial charge < -0.3 is 9.52 Å². The van der Waals surface area contributed by atoms with Gasteiger partial charge in [0, 0.05) is 22.6 Å². The van der Waals surface area contributed by atoms with Gasteiger partial charge in [0.15, 0.2) is 5.56 Å². The molecule has 0 fully saturated rings. The van der Waals surface area contributed by atoms with Gasteiger partial charge in [-0.05, 0) is 35.9 Å². The Labute approximate surface area is 139 Å². The molecular weight excluding hydrogens is 345 g/mol. The van der Waals surface area contributed by atoms with Gasteiger partial charge in [-0.2, -0.15) is 0 Å². The van der Waals surface area contributed by atoms with Crippen LogP contribution in [0.4, 0.5) is 0 Å². The number of benzene rings is 1. The standard InChI is InChI=1S/C15H7Cl2NO5/c16-9-4-1-8(2-5-9)3-6-12(20)18-14(21)13-10(19)7-11(17)23-15(13)22/h1-2,4-5,7,19H,(H,18,20,21). The first-order valence-electron chi connectivity index (χ1n) is 6.02. The van der Waals surface area contributed by atoms with Crippen LogP contribution in [0.2, 0.25) is 10.2 Å². The summed E-state index contributed by atoms with van der Waals surface area (Å²) in [4.78, 5) is 34.8. The monoisotopic (exact) mass is 351 g/mol. The van der Waals surface area contributed by atoms with Gasteiger partial charge in [-0.25, -0.2) is 4.79 Å². The molecule has 2 aromatic rings. The van der Waals surface area contributed by atoms with Crippen LogP contribution in [0.15, 0.2) is 39.5 Å². The molecule has 0 bridgehead atoms. The molecule has 2 N–H and O–H groups in total. The van der Waals surface area contributed by atoms with Crippen LogP contribution in [0.1, 0.15) is 15.9 Å². The number of imide groups is 1. The first-order valence-corrected chi connectivity index (χ1v) is 6.78. The Balaban J connectivity index is 2.14. The van der Waals surface area contributed by atoms with Gasteiger partial charge in [0.2, 0.25) is 5.22 Å². The molecule has 23 heavy (non-hydrogen) atoms. The Bertz CT molecular complexity index is 891. The van der Waals surface area contributed by atoms with E-state index in [1.165, 1.54) is 0 Å². The van der Waals surface area contributed by atoms with Gasteiger partial charge in [0.1, 0.15) is 5.75 Å². The van der Waals surface area contributed by atoms with Gasteiger partial charge >= 0.3 is 11.5 Å². The Morgan fingerprint density at radius 3 is 2.43 bits per heavy atom. The molecule has 0 aliphatic rings. The van der Waals surface area contributed by atoms with Crippen molar-refractivity contribution in [2.75, 3.05) is 0 Å². The first-order chi connectivity index (χ1) is 10.9. The number of carbonyl (C=O) groups is 2. The Morgan fingerprint density at radius 1 is 1.17 bits per heavy atom. The second kappa shape index (κ2) is 7.01. The number of hydrogen-bond acceptors (Lipinski definition) is 5. The van der Waals surface area contributed by atoms with Crippen molar-refractivity contribution in [2.45, 2.75) is 0 Å². The number of carbonyl (C=O) groups excluding carboxylic acids is 2. The van der Waals surface area contributed by atoms with Gasteiger partial charge in [0.25, 0.3) is 5.91 Å². The van der Waals surface area contributed by atoms with Crippen molar-refractivity contribution < 1.29 is 19.1 Å². The normalized spacial score (nSPS) is 9.65. The lowest BCUT2D eigenvalue weighted by Gasteiger charge is -2.01. The van der Waals surface area contributed by atoms with Crippen LogP contribution in [-0.4, -0.2) is 16.9 Å². The third-order valence-electron chi connectivity index (χ3n) is 2.52. The third-order valence-corrected chi connectivity index (χ3v) is 2.96. The van der Waals surface area contributed by atoms with Crippen molar-refractivity contribution in [2.24, 2.45) is 0 Å². The second-order valence-electron chi connectivity index (χ2n) is 4.14. The molecule has 0 unspecified atom stereocenters. The number of aromatic hydroxyl groups is 1. The predicted octanol–water partition coefficient (Wildman–Crippen LogP) is 1.96. The summed E-state index contributed by atoms with van der Waals surface area (Å²) in [5.41, 5.74) is -1.41. The number of nitrogens with one attached hydrogen (secondary N) is 1. The smallest absolute Gasteiger partial charge is 0.353 e. The van der Waals surface area contributed by atoms with Crippen molar-refractivity contribution in [1.29, 1.82) is 0 Å². The van der Waals surface area contributed by atoms with Gasteiger partial charge in [-0.15, -0.1) is 0 Å². The molecular formula is C15H7Cl2NO5. The highest BCUT2D eigenvalue weighted by Crippen LogP contribution is 2.17. The highest BCUT2D eigenvalue weighted by atomic mass is 35.5. The topological polar surface area (TPSA) is 96.6 Å². The molecule has 2 rings (SSSR count). The molecule has 0 saturated carbocycles. The Hall–Kier alpha value is -2.75. The summed E-state index contributed by atoms with van der Waals surface area (Å²) in [6.07, 6.45) is 0. The maximum atomic E-state index is 11.8. The highest BCUT2D eigenvalue weighted by Gasteiger charge is 2.20. The van der Waals surface area contributed by atoms with E-state index in [9.17, 15) is 19.5 Å². The van der Waals surface area contributed by atoms with Crippen LogP contribution in [0.3, 0.4) is 0 Å². The van der Waals surface area contributed by atoms with E-state index in [1.807, 2.05) is 5.32 Å². The number of rotatable bonds is 1. The molecule has 6 nitrogen and oxygen atoms in total. The molecule has 8 heteroatoms. The minimum atomic E-state index is -1.18. The fourth-order valence-corrected chi connectivity index (χ4v) is 1.82. The van der Waals surface area contributed by atoms with Crippen molar-refractivity contribution in [3.8, 4) is 17.6 Å². The zero-order valence-electron chi connectivity index (χ0n) is 11.2. The Kier molecular flexibility index (Phi) is 5.06. The maximum absolute atomic E-state index is 11.8. The zero-order valence-corrected chi connectivity index (χ0v) is 12.7. The van der Waals surface area contributed by atoms with E-state index in [0.29, 0.717) is 10.6 Å². The summed E-state index contributed by atoms with van der Waals surface area (Å²) in [6, 6.07) is 7.22. The lowest BCUT2D eigenvalue weighted by atomic mass is 10.2. The SMILES string of the molecule is O=C(C#Cc1ccc(Cl)cc1)NC(=O)c1c(O)cc(Cl)oc1=O. The zero-order chi connectivity index (χ0) is 17.0. The summed E-state index contributed by atoms with van der Waals surface area (Å²) < 4.78 is 4.46. The molecule has 0 spiro atoms. The summed E-state index contributed by atoms with van der Waals surface area (Å²) in [6.45, 7) is 0. The lowest BCUT2D eigenvalue weighted by molar-refractivity contribution is -0.114. The van der Waals surface area contributed by atoms with E-state index in [4.69, 9.17) is 23.2 Å². The maximum Gasteiger partial charge on any atom is 0.353 e. The van der Waals surface area contributed by atoms with Crippen molar-refractivity contribution >= 4 is 35.0 Å². The average molecular weight is 352 g/mol. The molecule has 0 aliphatic heterocycles. The molecule has 0 radical (unpaired) electrons. The van der Waals surface area contributed by atoms with E-state index >= 15 is 0 Å². The fraction of sp³-hybridized carbons (Fsp3) is 0. The van der Waals surface area contributed by atoms with E-state index in [2.05, 4.69) is 16.3 Å². The molecule has 116 valence electrons. The average Bonchev–Trinajstić information content (AvgIpc) is 2.45. The van der Waals surface area contributed by atoms with Gasteiger partial charge in [-0.3, -0.25) is 14.9 Å². The quantitative estimate of drug-likeness (QED) is 0.765. The summed E-state index contributed by atoms with van der Waals surface area (Å²) in [5.74, 6) is 1.86.